The van der Waals surface area contributed by atoms with E-state index < -0.39 is 11.9 Å². The maximum Gasteiger partial charge on any atom is 0.307 e. The first kappa shape index (κ1) is 15.3. The van der Waals surface area contributed by atoms with Gasteiger partial charge in [0.2, 0.25) is 5.91 Å². The number of hydrogen-bond donors (Lipinski definition) is 1. The number of carbonyl (C=O) groups is 2. The van der Waals surface area contributed by atoms with Gasteiger partial charge in [-0.1, -0.05) is 6.92 Å². The van der Waals surface area contributed by atoms with Gasteiger partial charge in [0.1, 0.15) is 0 Å². The molecule has 5 nitrogen and oxygen atoms in total. The Morgan fingerprint density at radius 2 is 2.00 bits per heavy atom. The van der Waals surface area contributed by atoms with E-state index in [0.29, 0.717) is 37.8 Å². The van der Waals surface area contributed by atoms with Gasteiger partial charge < -0.3 is 14.7 Å². The first-order chi connectivity index (χ1) is 9.49. The van der Waals surface area contributed by atoms with Crippen molar-refractivity contribution in [1.29, 1.82) is 0 Å². The summed E-state index contributed by atoms with van der Waals surface area (Å²) in [5, 5.41) is 9.26. The van der Waals surface area contributed by atoms with Crippen LogP contribution in [0.15, 0.2) is 0 Å². The molecule has 1 aliphatic heterocycles. The summed E-state index contributed by atoms with van der Waals surface area (Å²) in [6.07, 6.45) is 3.44. The number of amides is 1. The zero-order chi connectivity index (χ0) is 14.7. The van der Waals surface area contributed by atoms with Gasteiger partial charge in [0, 0.05) is 20.2 Å². The molecule has 5 heteroatoms. The highest BCUT2D eigenvalue weighted by Gasteiger charge is 2.42. The van der Waals surface area contributed by atoms with Crippen LogP contribution >= 0.6 is 0 Å². The second kappa shape index (κ2) is 6.57. The van der Waals surface area contributed by atoms with Gasteiger partial charge in [-0.05, 0) is 37.5 Å². The van der Waals surface area contributed by atoms with Crippen LogP contribution in [0, 0.1) is 23.7 Å². The molecular weight excluding hydrogens is 258 g/mol. The van der Waals surface area contributed by atoms with E-state index in [0.717, 1.165) is 19.4 Å². The fourth-order valence-electron chi connectivity index (χ4n) is 3.55. The van der Waals surface area contributed by atoms with Crippen LogP contribution in [0.4, 0.5) is 0 Å². The lowest BCUT2D eigenvalue weighted by molar-refractivity contribution is -0.149. The first-order valence-corrected chi connectivity index (χ1v) is 7.54. The molecular formula is C15H25NO4. The van der Waals surface area contributed by atoms with Crippen LogP contribution in [-0.2, 0) is 14.3 Å². The Kier molecular flexibility index (Phi) is 5.02. The lowest BCUT2D eigenvalue weighted by Crippen LogP contribution is -2.40. The Labute approximate surface area is 120 Å². The van der Waals surface area contributed by atoms with Gasteiger partial charge >= 0.3 is 5.97 Å². The molecule has 0 radical (unpaired) electrons. The maximum absolute atomic E-state index is 12.5. The smallest absolute Gasteiger partial charge is 0.307 e. The average molecular weight is 283 g/mol. The van der Waals surface area contributed by atoms with Crippen molar-refractivity contribution in [3.63, 3.8) is 0 Å². The summed E-state index contributed by atoms with van der Waals surface area (Å²) in [5.74, 6) is -0.995. The van der Waals surface area contributed by atoms with Crippen molar-refractivity contribution in [1.82, 2.24) is 4.90 Å². The topological polar surface area (TPSA) is 66.8 Å². The number of carboxylic acid groups (broad SMARTS) is 1. The van der Waals surface area contributed by atoms with E-state index in [9.17, 15) is 14.7 Å². The van der Waals surface area contributed by atoms with Crippen LogP contribution in [0.5, 0.6) is 0 Å². The Morgan fingerprint density at radius 3 is 2.60 bits per heavy atom. The van der Waals surface area contributed by atoms with E-state index in [4.69, 9.17) is 4.74 Å². The third-order valence-electron chi connectivity index (χ3n) is 4.60. The number of carbonyl (C=O) groups excluding carboxylic acids is 1. The minimum absolute atomic E-state index is 0.00711. The normalized spacial score (nSPS) is 33.9. The summed E-state index contributed by atoms with van der Waals surface area (Å²) in [5.41, 5.74) is 0. The lowest BCUT2D eigenvalue weighted by Gasteiger charge is -2.29. The molecule has 2 unspecified atom stereocenters. The molecule has 2 fully saturated rings. The Hall–Kier alpha value is -1.10. The Morgan fingerprint density at radius 1 is 1.30 bits per heavy atom. The van der Waals surface area contributed by atoms with Gasteiger partial charge in [0.25, 0.3) is 0 Å². The SMILES string of the molecule is CC1C[C@H](C(=O)N(C)CC2CCCOC2)[C@H](C(=O)O)C1. The van der Waals surface area contributed by atoms with E-state index in [-0.39, 0.29) is 11.8 Å². The van der Waals surface area contributed by atoms with Crippen molar-refractivity contribution in [3.05, 3.63) is 0 Å². The molecule has 1 amide bonds. The Bertz CT molecular complexity index is 365. The first-order valence-electron chi connectivity index (χ1n) is 7.54. The fourth-order valence-corrected chi connectivity index (χ4v) is 3.55. The molecule has 20 heavy (non-hydrogen) atoms. The zero-order valence-electron chi connectivity index (χ0n) is 12.4. The van der Waals surface area contributed by atoms with Gasteiger partial charge in [-0.3, -0.25) is 9.59 Å². The number of aliphatic carboxylic acids is 1. The van der Waals surface area contributed by atoms with Gasteiger partial charge in [-0.15, -0.1) is 0 Å². The summed E-state index contributed by atoms with van der Waals surface area (Å²) in [6, 6.07) is 0. The Balaban J connectivity index is 1.93. The third kappa shape index (κ3) is 3.51. The maximum atomic E-state index is 12.5. The average Bonchev–Trinajstić information content (AvgIpc) is 2.81. The highest BCUT2D eigenvalue weighted by molar-refractivity contribution is 5.85. The minimum Gasteiger partial charge on any atom is -0.481 e. The van der Waals surface area contributed by atoms with Crippen LogP contribution in [0.1, 0.15) is 32.6 Å². The summed E-state index contributed by atoms with van der Waals surface area (Å²) in [4.78, 5) is 25.5. The van der Waals surface area contributed by atoms with Crippen molar-refractivity contribution in [3.8, 4) is 0 Å². The lowest BCUT2D eigenvalue weighted by atomic mass is 9.94. The second-order valence-electron chi connectivity index (χ2n) is 6.43. The number of rotatable bonds is 4. The monoisotopic (exact) mass is 283 g/mol. The van der Waals surface area contributed by atoms with E-state index in [1.807, 2.05) is 6.92 Å². The van der Waals surface area contributed by atoms with Crippen molar-refractivity contribution in [2.75, 3.05) is 26.8 Å². The molecule has 0 aromatic carbocycles. The predicted octanol–water partition coefficient (Wildman–Crippen LogP) is 1.62. The number of hydrogen-bond acceptors (Lipinski definition) is 3. The van der Waals surface area contributed by atoms with E-state index in [1.165, 1.54) is 0 Å². The predicted molar refractivity (Wildman–Crippen MR) is 74.2 cm³/mol. The molecule has 1 heterocycles. The molecule has 0 aromatic rings. The molecule has 2 aliphatic rings. The summed E-state index contributed by atoms with van der Waals surface area (Å²) in [7, 11) is 1.79. The molecule has 1 aliphatic carbocycles. The van der Waals surface area contributed by atoms with Crippen LogP contribution in [0.2, 0.25) is 0 Å². The molecule has 2 rings (SSSR count). The molecule has 0 spiro atoms. The van der Waals surface area contributed by atoms with Crippen LogP contribution in [-0.4, -0.2) is 48.7 Å². The second-order valence-corrected chi connectivity index (χ2v) is 6.43. The largest absolute Gasteiger partial charge is 0.481 e. The minimum atomic E-state index is -0.831. The summed E-state index contributed by atoms with van der Waals surface area (Å²) < 4.78 is 5.43. The van der Waals surface area contributed by atoms with Crippen LogP contribution < -0.4 is 0 Å². The van der Waals surface area contributed by atoms with Crippen molar-refractivity contribution in [2.24, 2.45) is 23.7 Å². The summed E-state index contributed by atoms with van der Waals surface area (Å²) in [6.45, 7) is 4.23. The molecule has 1 saturated carbocycles. The molecule has 114 valence electrons. The third-order valence-corrected chi connectivity index (χ3v) is 4.60. The molecule has 0 aromatic heterocycles. The number of ether oxygens (including phenoxy) is 1. The summed E-state index contributed by atoms with van der Waals surface area (Å²) >= 11 is 0. The molecule has 0 bridgehead atoms. The van der Waals surface area contributed by atoms with Crippen molar-refractivity contribution < 1.29 is 19.4 Å². The molecule has 1 saturated heterocycles. The van der Waals surface area contributed by atoms with Gasteiger partial charge in [0.15, 0.2) is 0 Å². The molecule has 4 atom stereocenters. The number of nitrogens with zero attached hydrogens (tertiary/aromatic N) is 1. The van der Waals surface area contributed by atoms with Gasteiger partial charge in [-0.25, -0.2) is 0 Å². The van der Waals surface area contributed by atoms with E-state index >= 15 is 0 Å². The van der Waals surface area contributed by atoms with Crippen LogP contribution in [0.3, 0.4) is 0 Å². The van der Waals surface area contributed by atoms with Crippen molar-refractivity contribution >= 4 is 11.9 Å². The van der Waals surface area contributed by atoms with E-state index in [1.54, 1.807) is 11.9 Å². The highest BCUT2D eigenvalue weighted by atomic mass is 16.5. The highest BCUT2D eigenvalue weighted by Crippen LogP contribution is 2.37. The standard InChI is InChI=1S/C15H25NO4/c1-10-6-12(13(7-10)15(18)19)14(17)16(2)8-11-4-3-5-20-9-11/h10-13H,3-9H2,1-2H3,(H,18,19)/t10?,11?,12-,13+/m0/s1. The van der Waals surface area contributed by atoms with Crippen molar-refractivity contribution in [2.45, 2.75) is 32.6 Å². The quantitative estimate of drug-likeness (QED) is 0.851. The van der Waals surface area contributed by atoms with Gasteiger partial charge in [0.05, 0.1) is 18.4 Å². The van der Waals surface area contributed by atoms with E-state index in [2.05, 4.69) is 0 Å². The number of carboxylic acids is 1. The van der Waals surface area contributed by atoms with Crippen LogP contribution in [0.25, 0.3) is 0 Å². The molecule has 1 N–H and O–H groups in total. The van der Waals surface area contributed by atoms with Gasteiger partial charge in [-0.2, -0.15) is 0 Å². The fraction of sp³-hybridized carbons (Fsp3) is 0.867. The zero-order valence-corrected chi connectivity index (χ0v) is 12.4.